The summed E-state index contributed by atoms with van der Waals surface area (Å²) in [6.07, 6.45) is 1.61. The Bertz CT molecular complexity index is 241. The van der Waals surface area contributed by atoms with Gasteiger partial charge in [-0.15, -0.1) is 0 Å². The van der Waals surface area contributed by atoms with Gasteiger partial charge in [0.1, 0.15) is 0 Å². The van der Waals surface area contributed by atoms with Gasteiger partial charge in [0.15, 0.2) is 6.04 Å². The van der Waals surface area contributed by atoms with E-state index in [0.717, 1.165) is 12.8 Å². The first-order chi connectivity index (χ1) is 7.47. The van der Waals surface area contributed by atoms with Crippen LogP contribution in [0.2, 0.25) is 0 Å². The van der Waals surface area contributed by atoms with E-state index in [9.17, 15) is 9.59 Å². The normalized spacial score (nSPS) is 12.3. The third-order valence-corrected chi connectivity index (χ3v) is 2.59. The van der Waals surface area contributed by atoms with Crippen molar-refractivity contribution in [2.75, 3.05) is 13.7 Å². The first kappa shape index (κ1) is 14.7. The largest absolute Gasteiger partial charge is 0.480 e. The highest BCUT2D eigenvalue weighted by Gasteiger charge is 2.23. The monoisotopic (exact) mass is 232 g/mol. The first-order valence-electron chi connectivity index (χ1n) is 5.34. The van der Waals surface area contributed by atoms with E-state index in [0.29, 0.717) is 0 Å². The fourth-order valence-corrected chi connectivity index (χ4v) is 1.44. The number of carbonyl (C=O) groups is 2. The van der Waals surface area contributed by atoms with E-state index in [1.807, 2.05) is 13.8 Å². The summed E-state index contributed by atoms with van der Waals surface area (Å²) >= 11 is 0. The van der Waals surface area contributed by atoms with Gasteiger partial charge >= 0.3 is 12.0 Å². The quantitative estimate of drug-likeness (QED) is 0.613. The Morgan fingerprint density at radius 1 is 1.31 bits per heavy atom. The fraction of sp³-hybridized carbons (Fsp3) is 0.800. The second kappa shape index (κ2) is 7.05. The fourth-order valence-electron chi connectivity index (χ4n) is 1.44. The zero-order valence-electron chi connectivity index (χ0n) is 9.93. The summed E-state index contributed by atoms with van der Waals surface area (Å²) in [4.78, 5) is 23.7. The molecule has 0 aliphatic rings. The van der Waals surface area contributed by atoms with Gasteiger partial charge in [0, 0.05) is 13.1 Å². The number of aliphatic carboxylic acids is 1. The average Bonchev–Trinajstić information content (AvgIpc) is 2.26. The first-order valence-corrected chi connectivity index (χ1v) is 5.34. The van der Waals surface area contributed by atoms with Crippen LogP contribution in [0.15, 0.2) is 0 Å². The van der Waals surface area contributed by atoms with Crippen LogP contribution in [0.4, 0.5) is 4.79 Å². The van der Waals surface area contributed by atoms with E-state index < -0.39 is 24.6 Å². The van der Waals surface area contributed by atoms with Gasteiger partial charge in [-0.3, -0.25) is 0 Å². The highest BCUT2D eigenvalue weighted by atomic mass is 16.4. The predicted octanol–water partition coefficient (Wildman–Crippen LogP) is 0.262. The van der Waals surface area contributed by atoms with E-state index in [4.69, 9.17) is 10.2 Å². The number of amides is 2. The van der Waals surface area contributed by atoms with E-state index in [1.165, 1.54) is 4.90 Å². The number of carbonyl (C=O) groups excluding carboxylic acids is 1. The summed E-state index contributed by atoms with van der Waals surface area (Å²) in [5, 5.41) is 19.7. The molecule has 0 spiro atoms. The minimum atomic E-state index is -1.25. The molecule has 0 fully saturated rings. The van der Waals surface area contributed by atoms with Gasteiger partial charge < -0.3 is 20.4 Å². The van der Waals surface area contributed by atoms with Crippen molar-refractivity contribution >= 4 is 12.0 Å². The molecule has 0 unspecified atom stereocenters. The molecule has 0 rings (SSSR count). The second-order valence-corrected chi connectivity index (χ2v) is 3.60. The van der Waals surface area contributed by atoms with Crippen LogP contribution in [0.5, 0.6) is 0 Å². The van der Waals surface area contributed by atoms with Gasteiger partial charge in [-0.25, -0.2) is 9.59 Å². The summed E-state index contributed by atoms with van der Waals surface area (Å²) in [5.41, 5.74) is 0. The Kier molecular flexibility index (Phi) is 6.48. The van der Waals surface area contributed by atoms with Crippen molar-refractivity contribution in [3.8, 4) is 0 Å². The smallest absolute Gasteiger partial charge is 0.328 e. The molecule has 0 heterocycles. The Morgan fingerprint density at radius 2 is 1.81 bits per heavy atom. The highest BCUT2D eigenvalue weighted by molar-refractivity contribution is 5.82. The predicted molar refractivity (Wildman–Crippen MR) is 59.2 cm³/mol. The van der Waals surface area contributed by atoms with Gasteiger partial charge in [-0.2, -0.15) is 0 Å². The van der Waals surface area contributed by atoms with Crippen molar-refractivity contribution in [1.82, 2.24) is 10.2 Å². The molecule has 0 radical (unpaired) electrons. The maximum absolute atomic E-state index is 11.6. The topological polar surface area (TPSA) is 89.9 Å². The summed E-state index contributed by atoms with van der Waals surface area (Å²) in [6.45, 7) is 3.30. The molecule has 0 aromatic carbocycles. The van der Waals surface area contributed by atoms with Crippen molar-refractivity contribution in [3.05, 3.63) is 0 Å². The molecule has 94 valence electrons. The van der Waals surface area contributed by atoms with Crippen LogP contribution < -0.4 is 5.32 Å². The summed E-state index contributed by atoms with van der Waals surface area (Å²) in [7, 11) is 1.61. The highest BCUT2D eigenvalue weighted by Crippen LogP contribution is 2.06. The van der Waals surface area contributed by atoms with Crippen molar-refractivity contribution in [1.29, 1.82) is 0 Å². The molecule has 6 heteroatoms. The van der Waals surface area contributed by atoms with Crippen LogP contribution in [0, 0.1) is 0 Å². The molecule has 16 heavy (non-hydrogen) atoms. The third-order valence-electron chi connectivity index (χ3n) is 2.59. The zero-order valence-corrected chi connectivity index (χ0v) is 9.93. The van der Waals surface area contributed by atoms with E-state index in [-0.39, 0.29) is 6.04 Å². The molecule has 0 aliphatic carbocycles. The number of nitrogens with one attached hydrogen (secondary N) is 1. The molecule has 0 aromatic heterocycles. The minimum absolute atomic E-state index is 0.0770. The molecule has 0 saturated carbocycles. The summed E-state index contributed by atoms with van der Waals surface area (Å²) in [5.74, 6) is -1.24. The minimum Gasteiger partial charge on any atom is -0.480 e. The lowest BCUT2D eigenvalue weighted by Crippen LogP contribution is -2.50. The molecule has 6 nitrogen and oxygen atoms in total. The van der Waals surface area contributed by atoms with Crippen LogP contribution in [0.1, 0.15) is 26.7 Å². The molecular weight excluding hydrogens is 212 g/mol. The molecule has 0 bridgehead atoms. The number of carboxylic acids is 1. The molecule has 3 N–H and O–H groups in total. The van der Waals surface area contributed by atoms with Gasteiger partial charge in [-0.1, -0.05) is 13.8 Å². The maximum atomic E-state index is 11.6. The SMILES string of the molecule is CCC(CC)N(C)C(=O)N[C@H](CO)C(=O)O. The van der Waals surface area contributed by atoms with Crippen molar-refractivity contribution in [2.24, 2.45) is 0 Å². The number of hydrogen-bond donors (Lipinski definition) is 3. The second-order valence-electron chi connectivity index (χ2n) is 3.60. The van der Waals surface area contributed by atoms with Gasteiger partial charge in [0.25, 0.3) is 0 Å². The molecule has 1 atom stereocenters. The van der Waals surface area contributed by atoms with Crippen LogP contribution in [0.3, 0.4) is 0 Å². The van der Waals surface area contributed by atoms with Crippen LogP contribution >= 0.6 is 0 Å². The maximum Gasteiger partial charge on any atom is 0.328 e. The number of nitrogens with zero attached hydrogens (tertiary/aromatic N) is 1. The molecule has 2 amide bonds. The number of aliphatic hydroxyl groups excluding tert-OH is 1. The van der Waals surface area contributed by atoms with Crippen LogP contribution in [-0.4, -0.2) is 52.9 Å². The molecule has 0 saturated heterocycles. The number of carboxylic acid groups (broad SMARTS) is 1. The Labute approximate surface area is 95.2 Å². The van der Waals surface area contributed by atoms with Crippen molar-refractivity contribution in [3.63, 3.8) is 0 Å². The van der Waals surface area contributed by atoms with Crippen molar-refractivity contribution in [2.45, 2.75) is 38.8 Å². The van der Waals surface area contributed by atoms with Crippen molar-refractivity contribution < 1.29 is 19.8 Å². The Balaban J connectivity index is 4.38. The molecule has 0 aliphatic heterocycles. The zero-order chi connectivity index (χ0) is 12.7. The van der Waals surface area contributed by atoms with Gasteiger partial charge in [0.05, 0.1) is 6.61 Å². The van der Waals surface area contributed by atoms with Crippen LogP contribution in [0.25, 0.3) is 0 Å². The number of urea groups is 1. The van der Waals surface area contributed by atoms with Gasteiger partial charge in [0.2, 0.25) is 0 Å². The third kappa shape index (κ3) is 4.06. The Morgan fingerprint density at radius 3 is 2.12 bits per heavy atom. The van der Waals surface area contributed by atoms with E-state index in [2.05, 4.69) is 5.32 Å². The lowest BCUT2D eigenvalue weighted by molar-refractivity contribution is -0.140. The van der Waals surface area contributed by atoms with E-state index in [1.54, 1.807) is 7.05 Å². The summed E-state index contributed by atoms with van der Waals surface area (Å²) < 4.78 is 0. The van der Waals surface area contributed by atoms with E-state index >= 15 is 0 Å². The number of hydrogen-bond acceptors (Lipinski definition) is 3. The lowest BCUT2D eigenvalue weighted by Gasteiger charge is -2.27. The van der Waals surface area contributed by atoms with Gasteiger partial charge in [-0.05, 0) is 12.8 Å². The standard InChI is InChI=1S/C10H20N2O4/c1-4-7(5-2)12(3)10(16)11-8(6-13)9(14)15/h7-8,13H,4-6H2,1-3H3,(H,11,16)(H,14,15)/t8-/m1/s1. The lowest BCUT2D eigenvalue weighted by atomic mass is 10.1. The summed E-state index contributed by atoms with van der Waals surface area (Å²) in [6, 6.07) is -1.65. The molecule has 0 aromatic rings. The average molecular weight is 232 g/mol. The Hall–Kier alpha value is -1.30. The number of aliphatic hydroxyl groups is 1. The molecular formula is C10H20N2O4. The van der Waals surface area contributed by atoms with Crippen LogP contribution in [-0.2, 0) is 4.79 Å². The number of rotatable bonds is 6.